The Labute approximate surface area is 170 Å². The molecule has 0 heterocycles. The van der Waals surface area contributed by atoms with Gasteiger partial charge in [-0.1, -0.05) is 42.3 Å². The fourth-order valence-corrected chi connectivity index (χ4v) is 3.85. The van der Waals surface area contributed by atoms with Gasteiger partial charge in [-0.15, -0.1) is 12.4 Å². The number of carbonyl (C=O) groups is 1. The minimum Gasteiger partial charge on any atom is -0.326 e. The molecule has 2 atom stereocenters. The molecule has 6 heteroatoms. The maximum Gasteiger partial charge on any atom is 0.224 e. The van der Waals surface area contributed by atoms with Crippen molar-refractivity contribution in [1.29, 1.82) is 0 Å². The van der Waals surface area contributed by atoms with Gasteiger partial charge >= 0.3 is 0 Å². The molecular weight excluding hydrogens is 391 g/mol. The number of benzene rings is 2. The lowest BCUT2D eigenvalue weighted by molar-refractivity contribution is -0.115. The predicted octanol–water partition coefficient (Wildman–Crippen LogP) is 5.95. The Bertz CT molecular complexity index is 795. The smallest absolute Gasteiger partial charge is 0.224 e. The molecule has 1 aliphatic rings. The standard InChI is InChI=1S/C20H22Cl2N2O.ClH/c1-3-20(25)24-13-5-6-15-14(7-9-19(23-2)16(15)11-13)12-4-8-17(21)18(22)10-12;/h4-6,8,10-11,14,19,23H,3,7,9H2,1-2H3,(H,24,25);1H/t14?,19-;/m0./s1. The van der Waals surface area contributed by atoms with E-state index in [9.17, 15) is 4.79 Å². The van der Waals surface area contributed by atoms with Crippen LogP contribution in [0.2, 0.25) is 10.0 Å². The Hall–Kier alpha value is -1.26. The third-order valence-corrected chi connectivity index (χ3v) is 5.62. The molecule has 2 aromatic rings. The van der Waals surface area contributed by atoms with Crippen LogP contribution in [-0.4, -0.2) is 13.0 Å². The number of fused-ring (bicyclic) bond motifs is 1. The van der Waals surface area contributed by atoms with Crippen LogP contribution in [0, 0.1) is 0 Å². The summed E-state index contributed by atoms with van der Waals surface area (Å²) in [6.07, 6.45) is 2.54. The van der Waals surface area contributed by atoms with Crippen molar-refractivity contribution in [2.75, 3.05) is 12.4 Å². The third-order valence-electron chi connectivity index (χ3n) is 4.88. The SMILES string of the molecule is CCC(=O)Nc1ccc2c(c1)[C@@H](NC)CCC2c1ccc(Cl)c(Cl)c1.Cl. The Kier molecular flexibility index (Phi) is 7.36. The molecule has 2 N–H and O–H groups in total. The number of rotatable bonds is 4. The lowest BCUT2D eigenvalue weighted by Gasteiger charge is -2.32. The minimum atomic E-state index is 0. The highest BCUT2D eigenvalue weighted by Gasteiger charge is 2.28. The molecule has 0 saturated carbocycles. The molecule has 0 fully saturated rings. The highest BCUT2D eigenvalue weighted by molar-refractivity contribution is 6.42. The van der Waals surface area contributed by atoms with Gasteiger partial charge in [0.05, 0.1) is 10.0 Å². The van der Waals surface area contributed by atoms with Gasteiger partial charge < -0.3 is 10.6 Å². The van der Waals surface area contributed by atoms with Crippen LogP contribution >= 0.6 is 35.6 Å². The summed E-state index contributed by atoms with van der Waals surface area (Å²) in [4.78, 5) is 11.7. The maximum atomic E-state index is 11.7. The first-order valence-corrected chi connectivity index (χ1v) is 9.35. The molecule has 0 aliphatic heterocycles. The summed E-state index contributed by atoms with van der Waals surface area (Å²) in [5.41, 5.74) is 4.54. The Morgan fingerprint density at radius 3 is 2.50 bits per heavy atom. The second-order valence-electron chi connectivity index (χ2n) is 6.39. The molecule has 0 radical (unpaired) electrons. The highest BCUT2D eigenvalue weighted by atomic mass is 35.5. The molecule has 2 aromatic carbocycles. The van der Waals surface area contributed by atoms with Gasteiger partial charge in [-0.25, -0.2) is 0 Å². The molecule has 1 unspecified atom stereocenters. The predicted molar refractivity (Wildman–Crippen MR) is 112 cm³/mol. The number of carbonyl (C=O) groups excluding carboxylic acids is 1. The molecule has 0 spiro atoms. The van der Waals surface area contributed by atoms with Crippen LogP contribution in [0.3, 0.4) is 0 Å². The van der Waals surface area contributed by atoms with E-state index < -0.39 is 0 Å². The van der Waals surface area contributed by atoms with Crippen molar-refractivity contribution in [2.45, 2.75) is 38.1 Å². The number of amides is 1. The first-order valence-electron chi connectivity index (χ1n) is 8.59. The van der Waals surface area contributed by atoms with Crippen LogP contribution in [-0.2, 0) is 4.79 Å². The fraction of sp³-hybridized carbons (Fsp3) is 0.350. The molecule has 26 heavy (non-hydrogen) atoms. The molecule has 0 saturated heterocycles. The van der Waals surface area contributed by atoms with Gasteiger partial charge in [0, 0.05) is 24.1 Å². The summed E-state index contributed by atoms with van der Waals surface area (Å²) in [5.74, 6) is 0.308. The summed E-state index contributed by atoms with van der Waals surface area (Å²) in [6.45, 7) is 1.85. The first-order chi connectivity index (χ1) is 12.0. The molecule has 3 rings (SSSR count). The van der Waals surface area contributed by atoms with E-state index in [1.54, 1.807) is 0 Å². The second kappa shape index (κ2) is 9.09. The van der Waals surface area contributed by atoms with Crippen molar-refractivity contribution in [3.05, 3.63) is 63.1 Å². The van der Waals surface area contributed by atoms with Gasteiger partial charge in [-0.05, 0) is 60.8 Å². The van der Waals surface area contributed by atoms with Gasteiger partial charge in [0.15, 0.2) is 0 Å². The third kappa shape index (κ3) is 4.34. The molecule has 140 valence electrons. The van der Waals surface area contributed by atoms with Crippen LogP contribution in [0.25, 0.3) is 0 Å². The number of hydrogen-bond donors (Lipinski definition) is 2. The van der Waals surface area contributed by atoms with Crippen LogP contribution in [0.5, 0.6) is 0 Å². The number of anilines is 1. The molecule has 1 amide bonds. The van der Waals surface area contributed by atoms with Gasteiger partial charge in [0.1, 0.15) is 0 Å². The number of halogens is 3. The zero-order valence-electron chi connectivity index (χ0n) is 14.8. The highest BCUT2D eigenvalue weighted by Crippen LogP contribution is 2.43. The molecule has 0 bridgehead atoms. The van der Waals surface area contributed by atoms with Gasteiger partial charge in [0.25, 0.3) is 0 Å². The van der Waals surface area contributed by atoms with Crippen LogP contribution in [0.15, 0.2) is 36.4 Å². The number of nitrogens with one attached hydrogen (secondary N) is 2. The zero-order chi connectivity index (χ0) is 18.0. The van der Waals surface area contributed by atoms with E-state index in [0.29, 0.717) is 16.5 Å². The van der Waals surface area contributed by atoms with E-state index in [-0.39, 0.29) is 30.3 Å². The van der Waals surface area contributed by atoms with Gasteiger partial charge in [0.2, 0.25) is 5.91 Å². The molecule has 3 nitrogen and oxygen atoms in total. The number of hydrogen-bond acceptors (Lipinski definition) is 2. The van der Waals surface area contributed by atoms with E-state index in [1.165, 1.54) is 16.7 Å². The van der Waals surface area contributed by atoms with E-state index in [4.69, 9.17) is 23.2 Å². The van der Waals surface area contributed by atoms with E-state index >= 15 is 0 Å². The lowest BCUT2D eigenvalue weighted by Crippen LogP contribution is -2.24. The van der Waals surface area contributed by atoms with Crippen molar-refractivity contribution in [1.82, 2.24) is 5.32 Å². The largest absolute Gasteiger partial charge is 0.326 e. The van der Waals surface area contributed by atoms with Crippen LogP contribution in [0.1, 0.15) is 54.8 Å². The maximum absolute atomic E-state index is 11.7. The topological polar surface area (TPSA) is 41.1 Å². The van der Waals surface area contributed by atoms with Crippen molar-refractivity contribution < 1.29 is 4.79 Å². The summed E-state index contributed by atoms with van der Waals surface area (Å²) in [7, 11) is 1.98. The summed E-state index contributed by atoms with van der Waals surface area (Å²) in [6, 6.07) is 12.4. The van der Waals surface area contributed by atoms with Crippen molar-refractivity contribution in [2.24, 2.45) is 0 Å². The minimum absolute atomic E-state index is 0. The summed E-state index contributed by atoms with van der Waals surface area (Å²) in [5, 5.41) is 7.50. The van der Waals surface area contributed by atoms with Crippen LogP contribution < -0.4 is 10.6 Å². The zero-order valence-corrected chi connectivity index (χ0v) is 17.1. The average molecular weight is 414 g/mol. The lowest BCUT2D eigenvalue weighted by atomic mass is 9.76. The fourth-order valence-electron chi connectivity index (χ4n) is 3.54. The summed E-state index contributed by atoms with van der Waals surface area (Å²) >= 11 is 12.3. The summed E-state index contributed by atoms with van der Waals surface area (Å²) < 4.78 is 0. The molecule has 0 aromatic heterocycles. The molecule has 1 aliphatic carbocycles. The normalized spacial score (nSPS) is 18.6. The quantitative estimate of drug-likeness (QED) is 0.650. The van der Waals surface area contributed by atoms with E-state index in [1.807, 2.05) is 32.2 Å². The Morgan fingerprint density at radius 1 is 1.08 bits per heavy atom. The Morgan fingerprint density at radius 2 is 1.85 bits per heavy atom. The monoisotopic (exact) mass is 412 g/mol. The van der Waals surface area contributed by atoms with Crippen molar-refractivity contribution in [3.8, 4) is 0 Å². The van der Waals surface area contributed by atoms with E-state index in [2.05, 4.69) is 28.8 Å². The Balaban J connectivity index is 0.00000243. The second-order valence-corrected chi connectivity index (χ2v) is 7.20. The van der Waals surface area contributed by atoms with Gasteiger partial charge in [-0.2, -0.15) is 0 Å². The van der Waals surface area contributed by atoms with Crippen LogP contribution in [0.4, 0.5) is 5.69 Å². The first kappa shape index (κ1) is 21.0. The molecular formula is C20H23Cl3N2O. The van der Waals surface area contributed by atoms with Crippen molar-refractivity contribution >= 4 is 47.2 Å². The average Bonchev–Trinajstić information content (AvgIpc) is 2.63. The van der Waals surface area contributed by atoms with E-state index in [0.717, 1.165) is 18.5 Å². The van der Waals surface area contributed by atoms with Crippen molar-refractivity contribution in [3.63, 3.8) is 0 Å². The van der Waals surface area contributed by atoms with Gasteiger partial charge in [-0.3, -0.25) is 4.79 Å².